The highest BCUT2D eigenvalue weighted by Gasteiger charge is 2.50. The first kappa shape index (κ1) is 13.6. The third kappa shape index (κ3) is 2.43. The number of piperidine rings is 1. The van der Waals surface area contributed by atoms with E-state index in [-0.39, 0.29) is 0 Å². The van der Waals surface area contributed by atoms with Crippen LogP contribution in [0.3, 0.4) is 0 Å². The van der Waals surface area contributed by atoms with Crippen LogP contribution in [0.1, 0.15) is 51.4 Å². The summed E-state index contributed by atoms with van der Waals surface area (Å²) in [6.45, 7) is 4.92. The van der Waals surface area contributed by atoms with E-state index in [0.717, 1.165) is 42.1 Å². The van der Waals surface area contributed by atoms with Gasteiger partial charge in [-0.1, -0.05) is 6.42 Å². The molecule has 2 nitrogen and oxygen atoms in total. The summed E-state index contributed by atoms with van der Waals surface area (Å²) in [6.07, 6.45) is 12.0. The molecule has 1 saturated heterocycles. The maximum absolute atomic E-state index is 6.24. The number of nitrogens with zero attached hydrogens (tertiary/aromatic N) is 1. The van der Waals surface area contributed by atoms with Gasteiger partial charge in [-0.2, -0.15) is 0 Å². The first-order valence-corrected chi connectivity index (χ1v) is 9.26. The van der Waals surface area contributed by atoms with Crippen molar-refractivity contribution in [2.75, 3.05) is 26.2 Å². The third-order valence-electron chi connectivity index (χ3n) is 7.09. The van der Waals surface area contributed by atoms with E-state index < -0.39 is 0 Å². The number of likely N-dealkylation sites (tertiary alicyclic amines) is 1. The number of nitrogens with two attached hydrogens (primary N) is 1. The van der Waals surface area contributed by atoms with E-state index in [0.29, 0.717) is 0 Å². The smallest absolute Gasteiger partial charge is 0.00246 e. The van der Waals surface area contributed by atoms with Crippen molar-refractivity contribution in [1.82, 2.24) is 4.90 Å². The molecule has 5 rings (SSSR count). The normalized spacial score (nSPS) is 45.8. The predicted octanol–water partition coefficient (Wildman–Crippen LogP) is 3.12. The van der Waals surface area contributed by atoms with Crippen LogP contribution in [-0.4, -0.2) is 31.1 Å². The average Bonchev–Trinajstić information content (AvgIpc) is 2.46. The molecule has 1 aliphatic heterocycles. The molecule has 0 aromatic rings. The van der Waals surface area contributed by atoms with Crippen LogP contribution in [0.5, 0.6) is 0 Å². The van der Waals surface area contributed by atoms with E-state index in [2.05, 4.69) is 4.90 Å². The van der Waals surface area contributed by atoms with Crippen molar-refractivity contribution >= 4 is 0 Å². The molecular weight excluding hydrogens is 244 g/mol. The van der Waals surface area contributed by atoms with E-state index >= 15 is 0 Å². The highest BCUT2D eigenvalue weighted by atomic mass is 15.1. The summed E-state index contributed by atoms with van der Waals surface area (Å²) < 4.78 is 0. The predicted molar refractivity (Wildman–Crippen MR) is 83.4 cm³/mol. The molecule has 0 aromatic heterocycles. The molecule has 2 heteroatoms. The lowest BCUT2D eigenvalue weighted by atomic mass is 9.49. The Hall–Kier alpha value is -0.0800. The first-order chi connectivity index (χ1) is 9.83. The largest absolute Gasteiger partial charge is 0.330 e. The van der Waals surface area contributed by atoms with Crippen LogP contribution in [0, 0.1) is 35.5 Å². The van der Waals surface area contributed by atoms with E-state index in [9.17, 15) is 0 Å². The second-order valence-corrected chi connectivity index (χ2v) is 8.37. The van der Waals surface area contributed by atoms with Gasteiger partial charge in [0.05, 0.1) is 0 Å². The second-order valence-electron chi connectivity index (χ2n) is 8.37. The molecule has 1 heterocycles. The number of hydrogen-bond donors (Lipinski definition) is 1. The van der Waals surface area contributed by atoms with Gasteiger partial charge in [0.2, 0.25) is 0 Å². The monoisotopic (exact) mass is 276 g/mol. The molecule has 2 N–H and O–H groups in total. The van der Waals surface area contributed by atoms with Gasteiger partial charge in [0.25, 0.3) is 0 Å². The molecule has 1 unspecified atom stereocenters. The Morgan fingerprint density at radius 2 is 1.45 bits per heavy atom. The molecule has 0 spiro atoms. The molecule has 0 radical (unpaired) electrons. The summed E-state index contributed by atoms with van der Waals surface area (Å²) in [5.41, 5.74) is 6.24. The maximum Gasteiger partial charge on any atom is 0.00246 e. The first-order valence-electron chi connectivity index (χ1n) is 9.26. The molecule has 0 aromatic carbocycles. The minimum absolute atomic E-state index is 0.795. The van der Waals surface area contributed by atoms with Gasteiger partial charge in [0.1, 0.15) is 0 Å². The van der Waals surface area contributed by atoms with Crippen LogP contribution in [-0.2, 0) is 0 Å². The van der Waals surface area contributed by atoms with Crippen LogP contribution in [0.4, 0.5) is 0 Å². The Morgan fingerprint density at radius 3 is 2.00 bits per heavy atom. The summed E-state index contributed by atoms with van der Waals surface area (Å²) >= 11 is 0. The van der Waals surface area contributed by atoms with Crippen LogP contribution in [0.2, 0.25) is 0 Å². The average molecular weight is 276 g/mol. The van der Waals surface area contributed by atoms with Gasteiger partial charge in [0.15, 0.2) is 0 Å². The van der Waals surface area contributed by atoms with Crippen molar-refractivity contribution in [3.05, 3.63) is 0 Å². The lowest BCUT2D eigenvalue weighted by molar-refractivity contribution is -0.0657. The number of hydrogen-bond acceptors (Lipinski definition) is 2. The number of rotatable bonds is 4. The van der Waals surface area contributed by atoms with Gasteiger partial charge in [-0.25, -0.2) is 0 Å². The Labute approximate surface area is 124 Å². The SMILES string of the molecule is NCC(CN1CCCCC1)C1C2CC3CC(C2)CC1C3. The highest BCUT2D eigenvalue weighted by molar-refractivity contribution is 5.00. The van der Waals surface area contributed by atoms with Crippen molar-refractivity contribution in [2.45, 2.75) is 51.4 Å². The molecule has 4 bridgehead atoms. The Bertz CT molecular complexity index is 306. The zero-order valence-corrected chi connectivity index (χ0v) is 13.0. The molecule has 5 fully saturated rings. The van der Waals surface area contributed by atoms with Crippen LogP contribution in [0.25, 0.3) is 0 Å². The van der Waals surface area contributed by atoms with Gasteiger partial charge in [-0.15, -0.1) is 0 Å². The van der Waals surface area contributed by atoms with Crippen molar-refractivity contribution in [1.29, 1.82) is 0 Å². The molecular formula is C18H32N2. The van der Waals surface area contributed by atoms with E-state index in [1.165, 1.54) is 38.9 Å². The second kappa shape index (κ2) is 5.61. The Balaban J connectivity index is 1.44. The molecule has 114 valence electrons. The minimum Gasteiger partial charge on any atom is -0.330 e. The van der Waals surface area contributed by atoms with E-state index in [1.54, 1.807) is 32.1 Å². The third-order valence-corrected chi connectivity index (χ3v) is 7.09. The van der Waals surface area contributed by atoms with Gasteiger partial charge in [0, 0.05) is 6.54 Å². The summed E-state index contributed by atoms with van der Waals surface area (Å²) in [6, 6.07) is 0. The molecule has 4 aliphatic carbocycles. The molecule has 4 saturated carbocycles. The lowest BCUT2D eigenvalue weighted by Crippen LogP contribution is -2.51. The fraction of sp³-hybridized carbons (Fsp3) is 1.00. The molecule has 1 atom stereocenters. The topological polar surface area (TPSA) is 29.3 Å². The fourth-order valence-electron chi connectivity index (χ4n) is 6.56. The lowest BCUT2D eigenvalue weighted by Gasteiger charge is -2.57. The maximum atomic E-state index is 6.24. The molecule has 20 heavy (non-hydrogen) atoms. The quantitative estimate of drug-likeness (QED) is 0.855. The summed E-state index contributed by atoms with van der Waals surface area (Å²) in [5, 5.41) is 0. The van der Waals surface area contributed by atoms with E-state index in [4.69, 9.17) is 5.73 Å². The summed E-state index contributed by atoms with van der Waals surface area (Å²) in [5.74, 6) is 6.07. The zero-order valence-electron chi connectivity index (χ0n) is 13.0. The van der Waals surface area contributed by atoms with Crippen LogP contribution in [0.15, 0.2) is 0 Å². The van der Waals surface area contributed by atoms with Crippen molar-refractivity contribution in [2.24, 2.45) is 41.2 Å². The van der Waals surface area contributed by atoms with Gasteiger partial charge in [-0.05, 0) is 100 Å². The van der Waals surface area contributed by atoms with Crippen molar-refractivity contribution < 1.29 is 0 Å². The van der Waals surface area contributed by atoms with Gasteiger partial charge in [-0.3, -0.25) is 0 Å². The van der Waals surface area contributed by atoms with Crippen LogP contribution >= 0.6 is 0 Å². The molecule has 5 aliphatic rings. The van der Waals surface area contributed by atoms with Crippen molar-refractivity contribution in [3.63, 3.8) is 0 Å². The minimum atomic E-state index is 0.795. The zero-order chi connectivity index (χ0) is 13.5. The van der Waals surface area contributed by atoms with Gasteiger partial charge < -0.3 is 10.6 Å². The van der Waals surface area contributed by atoms with E-state index in [1.807, 2.05) is 0 Å². The van der Waals surface area contributed by atoms with Crippen molar-refractivity contribution in [3.8, 4) is 0 Å². The molecule has 0 amide bonds. The van der Waals surface area contributed by atoms with Gasteiger partial charge >= 0.3 is 0 Å². The standard InChI is InChI=1S/C18H32N2/c19-11-17(12-20-4-2-1-3-5-20)18-15-7-13-6-14(9-15)10-16(18)8-13/h13-18H,1-12,19H2. The summed E-state index contributed by atoms with van der Waals surface area (Å²) in [4.78, 5) is 2.73. The fourth-order valence-corrected chi connectivity index (χ4v) is 6.56. The van der Waals surface area contributed by atoms with Crippen LogP contribution < -0.4 is 5.73 Å². The highest BCUT2D eigenvalue weighted by Crippen LogP contribution is 2.58. The summed E-state index contributed by atoms with van der Waals surface area (Å²) in [7, 11) is 0. The Morgan fingerprint density at radius 1 is 0.850 bits per heavy atom. The Kier molecular flexibility index (Phi) is 3.80.